The Kier molecular flexibility index (Phi) is 15.1. The van der Waals surface area contributed by atoms with Gasteiger partial charge >= 0.3 is 59.1 Å². The predicted molar refractivity (Wildman–Crippen MR) is 36.7 cm³/mol. The van der Waals surface area contributed by atoms with Crippen molar-refractivity contribution in [3.63, 3.8) is 0 Å². The van der Waals surface area contributed by atoms with Gasteiger partial charge in [-0.2, -0.15) is 0 Å². The molecule has 0 aromatic carbocycles. The van der Waals surface area contributed by atoms with Crippen molar-refractivity contribution < 1.29 is 72.1 Å². The summed E-state index contributed by atoms with van der Waals surface area (Å²) in [6.45, 7) is 1.73. The molecular formula is C3H9NNa2O3S2. The van der Waals surface area contributed by atoms with Gasteiger partial charge in [-0.3, -0.25) is 8.42 Å². The standard InChI is InChI=1S/C3H10NO3S2.2Na/c1-2-3(4)8-9(5,6)7;;/h3,8H,2,4H2,1H3,(H,5,6,7);;/q-1;2*+1/p-1. The molecule has 2 N–H and O–H groups in total. The molecule has 8 heteroatoms. The normalized spacial score (nSPS) is 13.0. The topological polar surface area (TPSA) is 83.2 Å². The molecule has 4 nitrogen and oxygen atoms in total. The van der Waals surface area contributed by atoms with Gasteiger partial charge in [0.05, 0.1) is 0 Å². The summed E-state index contributed by atoms with van der Waals surface area (Å²) in [7, 11) is -4.36. The quantitative estimate of drug-likeness (QED) is 0.167. The Labute approximate surface area is 115 Å². The fourth-order valence-corrected chi connectivity index (χ4v) is 2.16. The van der Waals surface area contributed by atoms with Gasteiger partial charge in [0.2, 0.25) is 0 Å². The van der Waals surface area contributed by atoms with E-state index >= 15 is 0 Å². The number of rotatable bonds is 3. The first kappa shape index (κ1) is 18.9. The molecule has 0 spiro atoms. The van der Waals surface area contributed by atoms with Crippen molar-refractivity contribution in [2.24, 2.45) is 5.73 Å². The Morgan fingerprint density at radius 3 is 2.00 bits per heavy atom. The summed E-state index contributed by atoms with van der Waals surface area (Å²) in [6, 6.07) is 0. The van der Waals surface area contributed by atoms with Crippen molar-refractivity contribution >= 4 is 19.9 Å². The van der Waals surface area contributed by atoms with Gasteiger partial charge in [-0.15, -0.1) is 0 Å². The molecule has 0 aliphatic carbocycles. The summed E-state index contributed by atoms with van der Waals surface area (Å²) in [4.78, 5) is 0. The van der Waals surface area contributed by atoms with E-state index < -0.39 is 14.5 Å². The second-order valence-corrected chi connectivity index (χ2v) is 5.21. The van der Waals surface area contributed by atoms with Crippen LogP contribution in [0.15, 0.2) is 0 Å². The molecule has 0 aromatic heterocycles. The van der Waals surface area contributed by atoms with Crippen LogP contribution >= 0.6 is 0 Å². The van der Waals surface area contributed by atoms with Crippen molar-refractivity contribution in [1.29, 1.82) is 0 Å². The largest absolute Gasteiger partial charge is 1.00 e. The van der Waals surface area contributed by atoms with Gasteiger partial charge in [-0.05, 0) is 0 Å². The third-order valence-electron chi connectivity index (χ3n) is 0.683. The molecule has 0 aliphatic rings. The van der Waals surface area contributed by atoms with Crippen LogP contribution in [0.4, 0.5) is 0 Å². The van der Waals surface area contributed by atoms with Crippen LogP contribution in [0, 0.1) is 0 Å². The fourth-order valence-electron chi connectivity index (χ4n) is 0.240. The fraction of sp³-hybridized carbons (Fsp3) is 1.00. The maximum Gasteiger partial charge on any atom is 1.00 e. The molecule has 0 saturated heterocycles. The molecule has 0 heterocycles. The Hall–Kier alpha value is 2.22. The first-order chi connectivity index (χ1) is 3.95. The minimum atomic E-state index is -4.14. The van der Waals surface area contributed by atoms with Crippen LogP contribution in [0.25, 0.3) is 0 Å². The molecule has 0 saturated carbocycles. The zero-order valence-corrected chi connectivity index (χ0v) is 12.7. The molecule has 0 radical (unpaired) electrons. The minimum Gasteiger partial charge on any atom is -0.766 e. The van der Waals surface area contributed by atoms with E-state index in [-0.39, 0.29) is 69.9 Å². The molecule has 1 atom stereocenters. The first-order valence-corrected chi connectivity index (χ1v) is 5.37. The average Bonchev–Trinajstić information content (AvgIpc) is 1.62. The van der Waals surface area contributed by atoms with Crippen LogP contribution in [-0.4, -0.2) is 18.3 Å². The minimum absolute atomic E-state index is 0. The summed E-state index contributed by atoms with van der Waals surface area (Å²) in [5.41, 5.74) is 5.17. The second kappa shape index (κ2) is 8.80. The van der Waals surface area contributed by atoms with Gasteiger partial charge in [-0.1, -0.05) is 18.7 Å². The van der Waals surface area contributed by atoms with Gasteiger partial charge in [0.15, 0.2) is 0 Å². The van der Waals surface area contributed by atoms with Gasteiger partial charge < -0.3 is 21.1 Å². The Morgan fingerprint density at radius 1 is 1.55 bits per heavy atom. The monoisotopic (exact) mass is 217 g/mol. The molecule has 0 rings (SSSR count). The van der Waals surface area contributed by atoms with Crippen molar-refractivity contribution in [3.05, 3.63) is 0 Å². The summed E-state index contributed by atoms with van der Waals surface area (Å²) in [5, 5.41) is -0.535. The van der Waals surface area contributed by atoms with Crippen molar-refractivity contribution in [1.82, 2.24) is 0 Å². The number of nitrogens with two attached hydrogens (primary N) is 1. The van der Waals surface area contributed by atoms with E-state index in [0.29, 0.717) is 6.42 Å². The van der Waals surface area contributed by atoms with E-state index in [4.69, 9.17) is 5.73 Å². The van der Waals surface area contributed by atoms with Gasteiger partial charge in [0.25, 0.3) is 0 Å². The smallest absolute Gasteiger partial charge is 0.766 e. The van der Waals surface area contributed by atoms with Gasteiger partial charge in [-0.25, -0.2) is 0 Å². The van der Waals surface area contributed by atoms with Crippen molar-refractivity contribution in [2.45, 2.75) is 18.7 Å². The molecule has 58 valence electrons. The van der Waals surface area contributed by atoms with Crippen LogP contribution in [0.5, 0.6) is 0 Å². The SMILES string of the molecule is CCC(N)[SH-]S(=O)(=O)[O-].[Na+].[Na+]. The second-order valence-electron chi connectivity index (χ2n) is 1.51. The molecule has 0 aliphatic heterocycles. The first-order valence-electron chi connectivity index (χ1n) is 2.39. The molecular weight excluding hydrogens is 208 g/mol. The van der Waals surface area contributed by atoms with Gasteiger partial charge in [0.1, 0.15) is 0 Å². The molecule has 0 fully saturated rings. The molecule has 0 amide bonds. The van der Waals surface area contributed by atoms with E-state index in [2.05, 4.69) is 0 Å². The number of thiol groups is 1. The van der Waals surface area contributed by atoms with E-state index in [0.717, 1.165) is 0 Å². The van der Waals surface area contributed by atoms with Crippen molar-refractivity contribution in [3.8, 4) is 0 Å². The Balaban J connectivity index is -0.000000320. The predicted octanol–water partition coefficient (Wildman–Crippen LogP) is -7.04. The summed E-state index contributed by atoms with van der Waals surface area (Å²) in [5.74, 6) is 0. The van der Waals surface area contributed by atoms with Crippen LogP contribution < -0.4 is 64.8 Å². The molecule has 11 heavy (non-hydrogen) atoms. The van der Waals surface area contributed by atoms with Crippen LogP contribution in [0.1, 0.15) is 13.3 Å². The summed E-state index contributed by atoms with van der Waals surface area (Å²) < 4.78 is 29.9. The zero-order chi connectivity index (χ0) is 7.49. The number of hydrogen-bond donors (Lipinski definition) is 1. The third kappa shape index (κ3) is 15.0. The van der Waals surface area contributed by atoms with Gasteiger partial charge in [0, 0.05) is 9.15 Å². The van der Waals surface area contributed by atoms with E-state index in [9.17, 15) is 13.0 Å². The van der Waals surface area contributed by atoms with Crippen LogP contribution in [0.3, 0.4) is 0 Å². The third-order valence-corrected chi connectivity index (χ3v) is 3.16. The van der Waals surface area contributed by atoms with Crippen molar-refractivity contribution in [2.75, 3.05) is 0 Å². The van der Waals surface area contributed by atoms with Crippen LogP contribution in [-0.2, 0) is 19.9 Å². The van der Waals surface area contributed by atoms with E-state index in [1.165, 1.54) is 0 Å². The summed E-state index contributed by atoms with van der Waals surface area (Å²) >= 11 is 0. The molecule has 0 bridgehead atoms. The van der Waals surface area contributed by atoms with E-state index in [1.807, 2.05) is 0 Å². The molecule has 0 aromatic rings. The van der Waals surface area contributed by atoms with Crippen LogP contribution in [0.2, 0.25) is 0 Å². The number of hydrogen-bond acceptors (Lipinski definition) is 5. The molecule has 1 unspecified atom stereocenters. The van der Waals surface area contributed by atoms with E-state index in [1.54, 1.807) is 6.92 Å². The Morgan fingerprint density at radius 2 is 1.91 bits per heavy atom. The average molecular weight is 217 g/mol. The maximum atomic E-state index is 9.95. The Bertz CT molecular complexity index is 171. The maximum absolute atomic E-state index is 9.95. The summed E-state index contributed by atoms with van der Waals surface area (Å²) in [6.07, 6.45) is 0.503. The zero-order valence-electron chi connectivity index (χ0n) is 6.94.